The van der Waals surface area contributed by atoms with Crippen molar-refractivity contribution in [3.63, 3.8) is 0 Å². The normalized spacial score (nSPS) is 12.6. The summed E-state index contributed by atoms with van der Waals surface area (Å²) in [6.07, 6.45) is 1.08. The molecule has 1 N–H and O–H groups in total. The molecule has 0 aliphatic rings. The summed E-state index contributed by atoms with van der Waals surface area (Å²) in [6.45, 7) is 5.05. The zero-order valence-corrected chi connectivity index (χ0v) is 11.9. The predicted octanol–water partition coefficient (Wildman–Crippen LogP) is 3.04. The molecule has 0 aliphatic carbocycles. The zero-order valence-electron chi connectivity index (χ0n) is 11.1. The van der Waals surface area contributed by atoms with Gasteiger partial charge in [0, 0.05) is 24.2 Å². The van der Waals surface area contributed by atoms with Crippen LogP contribution in [0.4, 0.5) is 0 Å². The second-order valence-corrected chi connectivity index (χ2v) is 4.49. The number of hydrogen-bond donors (Lipinski definition) is 1. The van der Waals surface area contributed by atoms with Crippen molar-refractivity contribution in [3.8, 4) is 0 Å². The fourth-order valence-corrected chi connectivity index (χ4v) is 1.94. The van der Waals surface area contributed by atoms with Gasteiger partial charge in [0.2, 0.25) is 0 Å². The van der Waals surface area contributed by atoms with Crippen LogP contribution in [0.25, 0.3) is 0 Å². The van der Waals surface area contributed by atoms with Crippen LogP contribution in [0, 0.1) is 0 Å². The average molecular weight is 272 g/mol. The van der Waals surface area contributed by atoms with Crippen LogP contribution in [0.5, 0.6) is 0 Å². The van der Waals surface area contributed by atoms with Crippen molar-refractivity contribution < 1.29 is 9.47 Å². The smallest absolute Gasteiger partial charge is 0.0964 e. The Bertz CT molecular complexity index is 323. The molecule has 3 nitrogen and oxygen atoms in total. The molecule has 0 saturated heterocycles. The molecule has 1 unspecified atom stereocenters. The highest BCUT2D eigenvalue weighted by Crippen LogP contribution is 2.24. The lowest BCUT2D eigenvalue weighted by Crippen LogP contribution is -2.25. The van der Waals surface area contributed by atoms with Gasteiger partial charge >= 0.3 is 0 Å². The first kappa shape index (κ1) is 15.4. The van der Waals surface area contributed by atoms with Gasteiger partial charge in [0.25, 0.3) is 0 Å². The van der Waals surface area contributed by atoms with Crippen molar-refractivity contribution in [3.05, 3.63) is 34.9 Å². The van der Waals surface area contributed by atoms with Gasteiger partial charge in [-0.3, -0.25) is 0 Å². The fraction of sp³-hybridized carbons (Fsp3) is 0.571. The molecule has 0 heterocycles. The minimum atomic E-state index is -0.0274. The number of halogens is 1. The van der Waals surface area contributed by atoms with Crippen molar-refractivity contribution in [2.75, 3.05) is 33.4 Å². The van der Waals surface area contributed by atoms with Crippen molar-refractivity contribution >= 4 is 11.6 Å². The number of nitrogens with one attached hydrogen (secondary N) is 1. The molecule has 0 aromatic heterocycles. The number of hydrogen-bond acceptors (Lipinski definition) is 3. The highest BCUT2D eigenvalue weighted by Gasteiger charge is 2.14. The summed E-state index contributed by atoms with van der Waals surface area (Å²) in [6, 6.07) is 7.81. The van der Waals surface area contributed by atoms with E-state index in [-0.39, 0.29) is 6.10 Å². The molecular weight excluding hydrogens is 250 g/mol. The van der Waals surface area contributed by atoms with E-state index in [1.807, 2.05) is 24.3 Å². The van der Waals surface area contributed by atoms with Crippen LogP contribution < -0.4 is 5.32 Å². The van der Waals surface area contributed by atoms with Crippen LogP contribution in [0.1, 0.15) is 25.0 Å². The molecule has 4 heteroatoms. The summed E-state index contributed by atoms with van der Waals surface area (Å²) in [5, 5.41) is 4.11. The Morgan fingerprint density at radius 3 is 2.72 bits per heavy atom. The van der Waals surface area contributed by atoms with Gasteiger partial charge in [0.1, 0.15) is 0 Å². The first-order valence-corrected chi connectivity index (χ1v) is 6.73. The molecule has 0 amide bonds. The number of benzene rings is 1. The summed E-state index contributed by atoms with van der Waals surface area (Å²) < 4.78 is 10.8. The van der Waals surface area contributed by atoms with Gasteiger partial charge in [-0.25, -0.2) is 0 Å². The molecule has 0 saturated carbocycles. The summed E-state index contributed by atoms with van der Waals surface area (Å²) in [5.41, 5.74) is 1.03. The molecule has 0 bridgehead atoms. The largest absolute Gasteiger partial charge is 0.382 e. The number of rotatable bonds is 9. The van der Waals surface area contributed by atoms with Gasteiger partial charge in [-0.15, -0.1) is 0 Å². The van der Waals surface area contributed by atoms with Crippen molar-refractivity contribution in [1.82, 2.24) is 5.32 Å². The van der Waals surface area contributed by atoms with Crippen molar-refractivity contribution in [2.45, 2.75) is 19.4 Å². The van der Waals surface area contributed by atoms with E-state index in [1.165, 1.54) is 0 Å². The lowest BCUT2D eigenvalue weighted by Gasteiger charge is -2.20. The maximum atomic E-state index is 6.21. The zero-order chi connectivity index (χ0) is 13.2. The minimum Gasteiger partial charge on any atom is -0.382 e. The molecular formula is C14H22ClNO2. The van der Waals surface area contributed by atoms with Crippen LogP contribution in [0.2, 0.25) is 5.02 Å². The van der Waals surface area contributed by atoms with Gasteiger partial charge in [-0.2, -0.15) is 0 Å². The topological polar surface area (TPSA) is 30.5 Å². The SMILES string of the molecule is CCCNCC(OCCOC)c1ccccc1Cl. The maximum Gasteiger partial charge on any atom is 0.0964 e. The second kappa shape index (κ2) is 9.34. The van der Waals surface area contributed by atoms with Gasteiger partial charge in [-0.1, -0.05) is 36.7 Å². The van der Waals surface area contributed by atoms with Crippen LogP contribution >= 0.6 is 11.6 Å². The third kappa shape index (κ3) is 5.36. The Balaban J connectivity index is 2.60. The lowest BCUT2D eigenvalue weighted by molar-refractivity contribution is 0.0168. The molecule has 102 valence electrons. The Labute approximate surface area is 114 Å². The fourth-order valence-electron chi connectivity index (χ4n) is 1.68. The van der Waals surface area contributed by atoms with E-state index in [0.717, 1.165) is 30.1 Å². The predicted molar refractivity (Wildman–Crippen MR) is 75.2 cm³/mol. The number of ether oxygens (including phenoxy) is 2. The van der Waals surface area contributed by atoms with Crippen LogP contribution in [-0.4, -0.2) is 33.4 Å². The molecule has 0 radical (unpaired) electrons. The molecule has 1 aromatic carbocycles. The lowest BCUT2D eigenvalue weighted by atomic mass is 10.1. The standard InChI is InChI=1S/C14H22ClNO2/c1-3-8-16-11-14(18-10-9-17-2)12-6-4-5-7-13(12)15/h4-7,14,16H,3,8-11H2,1-2H3. The number of methoxy groups -OCH3 is 1. The Hall–Kier alpha value is -0.610. The van der Waals surface area contributed by atoms with Crippen LogP contribution in [0.3, 0.4) is 0 Å². The van der Waals surface area contributed by atoms with Gasteiger partial charge in [0.05, 0.1) is 19.3 Å². The molecule has 0 aliphatic heterocycles. The molecule has 18 heavy (non-hydrogen) atoms. The molecule has 0 fully saturated rings. The Kier molecular flexibility index (Phi) is 8.01. The quantitative estimate of drug-likeness (QED) is 0.701. The van der Waals surface area contributed by atoms with Gasteiger partial charge in [0.15, 0.2) is 0 Å². The average Bonchev–Trinajstić information content (AvgIpc) is 2.38. The Morgan fingerprint density at radius 2 is 2.06 bits per heavy atom. The van der Waals surface area contributed by atoms with Gasteiger partial charge < -0.3 is 14.8 Å². The highest BCUT2D eigenvalue weighted by atomic mass is 35.5. The van der Waals surface area contributed by atoms with E-state index in [4.69, 9.17) is 21.1 Å². The van der Waals surface area contributed by atoms with Gasteiger partial charge in [-0.05, 0) is 19.0 Å². The highest BCUT2D eigenvalue weighted by molar-refractivity contribution is 6.31. The molecule has 1 atom stereocenters. The monoisotopic (exact) mass is 271 g/mol. The molecule has 1 rings (SSSR count). The molecule has 1 aromatic rings. The van der Waals surface area contributed by atoms with E-state index in [1.54, 1.807) is 7.11 Å². The molecule has 0 spiro atoms. The van der Waals surface area contributed by atoms with Crippen LogP contribution in [0.15, 0.2) is 24.3 Å². The second-order valence-electron chi connectivity index (χ2n) is 4.08. The summed E-state index contributed by atoms with van der Waals surface area (Å²) >= 11 is 6.21. The summed E-state index contributed by atoms with van der Waals surface area (Å²) in [4.78, 5) is 0. The van der Waals surface area contributed by atoms with E-state index in [9.17, 15) is 0 Å². The van der Waals surface area contributed by atoms with E-state index in [2.05, 4.69) is 12.2 Å². The third-order valence-electron chi connectivity index (χ3n) is 2.62. The van der Waals surface area contributed by atoms with E-state index >= 15 is 0 Å². The first-order valence-electron chi connectivity index (χ1n) is 6.35. The Morgan fingerprint density at radius 1 is 1.28 bits per heavy atom. The van der Waals surface area contributed by atoms with Crippen LogP contribution in [-0.2, 0) is 9.47 Å². The third-order valence-corrected chi connectivity index (χ3v) is 2.96. The first-order chi connectivity index (χ1) is 8.79. The van der Waals surface area contributed by atoms with E-state index in [0.29, 0.717) is 13.2 Å². The summed E-state index contributed by atoms with van der Waals surface area (Å²) in [7, 11) is 1.67. The van der Waals surface area contributed by atoms with E-state index < -0.39 is 0 Å². The summed E-state index contributed by atoms with van der Waals surface area (Å²) in [5.74, 6) is 0. The van der Waals surface area contributed by atoms with Crippen molar-refractivity contribution in [1.29, 1.82) is 0 Å². The maximum absolute atomic E-state index is 6.21. The van der Waals surface area contributed by atoms with Crippen molar-refractivity contribution in [2.24, 2.45) is 0 Å². The minimum absolute atomic E-state index is 0.0274.